The molecule has 0 bridgehead atoms. The highest BCUT2D eigenvalue weighted by molar-refractivity contribution is 9.10. The third-order valence-electron chi connectivity index (χ3n) is 1.75. The Morgan fingerprint density at radius 2 is 2.15 bits per heavy atom. The maximum absolute atomic E-state index is 10.5. The molecule has 1 aromatic carbocycles. The summed E-state index contributed by atoms with van der Waals surface area (Å²) < 4.78 is 0.643. The van der Waals surface area contributed by atoms with Gasteiger partial charge in [0.1, 0.15) is 0 Å². The monoisotopic (exact) mass is 244 g/mol. The van der Waals surface area contributed by atoms with Crippen molar-refractivity contribution in [1.82, 2.24) is 0 Å². The molecule has 0 amide bonds. The number of carboxylic acid groups (broad SMARTS) is 1. The van der Waals surface area contributed by atoms with E-state index < -0.39 is 12.1 Å². The second kappa shape index (κ2) is 3.89. The molecule has 0 unspecified atom stereocenters. The zero-order valence-corrected chi connectivity index (χ0v) is 8.58. The number of aliphatic hydroxyl groups excluding tert-OH is 1. The topological polar surface area (TPSA) is 57.5 Å². The molecule has 0 aliphatic rings. The first-order valence-electron chi connectivity index (χ1n) is 3.70. The second-order valence-electron chi connectivity index (χ2n) is 2.72. The lowest BCUT2D eigenvalue weighted by Crippen LogP contribution is -2.11. The summed E-state index contributed by atoms with van der Waals surface area (Å²) in [7, 11) is 0. The summed E-state index contributed by atoms with van der Waals surface area (Å²) in [6.45, 7) is 1.84. The Balaban J connectivity index is 3.15. The lowest BCUT2D eigenvalue weighted by Gasteiger charge is -2.09. The van der Waals surface area contributed by atoms with Crippen molar-refractivity contribution in [3.63, 3.8) is 0 Å². The van der Waals surface area contributed by atoms with Gasteiger partial charge in [0.2, 0.25) is 0 Å². The predicted octanol–water partition coefficient (Wildman–Crippen LogP) is 1.88. The van der Waals surface area contributed by atoms with Crippen LogP contribution < -0.4 is 0 Å². The van der Waals surface area contributed by atoms with Crippen LogP contribution in [0.4, 0.5) is 0 Å². The van der Waals surface area contributed by atoms with Crippen molar-refractivity contribution in [2.24, 2.45) is 0 Å². The summed E-state index contributed by atoms with van der Waals surface area (Å²) in [5, 5.41) is 17.9. The highest BCUT2D eigenvalue weighted by Gasteiger charge is 2.18. The van der Waals surface area contributed by atoms with Crippen LogP contribution in [0.1, 0.15) is 17.2 Å². The molecule has 0 spiro atoms. The molecule has 0 aliphatic heterocycles. The van der Waals surface area contributed by atoms with Gasteiger partial charge in [0.05, 0.1) is 0 Å². The molecule has 1 aromatic rings. The maximum atomic E-state index is 10.5. The number of hydrogen-bond acceptors (Lipinski definition) is 2. The third-order valence-corrected chi connectivity index (χ3v) is 2.83. The number of aryl methyl sites for hydroxylation is 1. The molecule has 0 saturated heterocycles. The Labute approximate surface area is 84.1 Å². The molecular weight excluding hydrogens is 236 g/mol. The van der Waals surface area contributed by atoms with Gasteiger partial charge in [-0.1, -0.05) is 34.1 Å². The number of aliphatic hydroxyl groups is 1. The molecule has 0 aliphatic carbocycles. The maximum Gasteiger partial charge on any atom is 0.337 e. The Morgan fingerprint density at radius 1 is 1.54 bits per heavy atom. The average molecular weight is 245 g/mol. The van der Waals surface area contributed by atoms with Gasteiger partial charge in [0.15, 0.2) is 6.10 Å². The van der Waals surface area contributed by atoms with E-state index in [9.17, 15) is 9.90 Å². The number of carbonyl (C=O) groups is 1. The minimum Gasteiger partial charge on any atom is -0.479 e. The van der Waals surface area contributed by atoms with E-state index in [2.05, 4.69) is 15.9 Å². The van der Waals surface area contributed by atoms with Crippen molar-refractivity contribution in [3.05, 3.63) is 33.8 Å². The van der Waals surface area contributed by atoms with Gasteiger partial charge in [0, 0.05) is 10.0 Å². The summed E-state index contributed by atoms with van der Waals surface area (Å²) in [6.07, 6.45) is -1.46. The average Bonchev–Trinajstić information content (AvgIpc) is 2.08. The van der Waals surface area contributed by atoms with Gasteiger partial charge in [-0.05, 0) is 12.5 Å². The fourth-order valence-corrected chi connectivity index (χ4v) is 1.50. The lowest BCUT2D eigenvalue weighted by molar-refractivity contribution is -0.147. The first kappa shape index (κ1) is 10.2. The van der Waals surface area contributed by atoms with Crippen LogP contribution in [0.15, 0.2) is 22.7 Å². The summed E-state index contributed by atoms with van der Waals surface area (Å²) in [4.78, 5) is 10.5. The van der Waals surface area contributed by atoms with Crippen molar-refractivity contribution in [2.45, 2.75) is 13.0 Å². The van der Waals surface area contributed by atoms with Crippen molar-refractivity contribution in [3.8, 4) is 0 Å². The molecule has 2 N–H and O–H groups in total. The van der Waals surface area contributed by atoms with E-state index in [0.717, 1.165) is 5.56 Å². The normalized spacial score (nSPS) is 12.5. The zero-order valence-electron chi connectivity index (χ0n) is 6.99. The van der Waals surface area contributed by atoms with Crippen LogP contribution in [-0.4, -0.2) is 16.2 Å². The van der Waals surface area contributed by atoms with Crippen LogP contribution in [0.2, 0.25) is 0 Å². The van der Waals surface area contributed by atoms with Gasteiger partial charge in [-0.3, -0.25) is 0 Å². The number of rotatable bonds is 2. The van der Waals surface area contributed by atoms with Gasteiger partial charge in [0.25, 0.3) is 0 Å². The summed E-state index contributed by atoms with van der Waals surface area (Å²) in [6, 6.07) is 5.12. The van der Waals surface area contributed by atoms with Crippen LogP contribution in [0, 0.1) is 6.92 Å². The summed E-state index contributed by atoms with van der Waals surface area (Å²) >= 11 is 3.23. The fourth-order valence-electron chi connectivity index (χ4n) is 1.01. The van der Waals surface area contributed by atoms with Crippen LogP contribution in [0.3, 0.4) is 0 Å². The van der Waals surface area contributed by atoms with Gasteiger partial charge in [-0.2, -0.15) is 0 Å². The van der Waals surface area contributed by atoms with Crippen LogP contribution >= 0.6 is 15.9 Å². The van der Waals surface area contributed by atoms with Crippen LogP contribution in [0.25, 0.3) is 0 Å². The number of benzene rings is 1. The summed E-state index contributed by atoms with van der Waals surface area (Å²) in [5.41, 5.74) is 1.28. The van der Waals surface area contributed by atoms with Gasteiger partial charge in [-0.25, -0.2) is 4.79 Å². The number of halogens is 1. The molecule has 70 valence electrons. The predicted molar refractivity (Wildman–Crippen MR) is 51.5 cm³/mol. The lowest BCUT2D eigenvalue weighted by atomic mass is 10.1. The Bertz CT molecular complexity index is 336. The van der Waals surface area contributed by atoms with Crippen molar-refractivity contribution in [2.75, 3.05) is 0 Å². The summed E-state index contributed by atoms with van der Waals surface area (Å²) in [5.74, 6) is -1.24. The van der Waals surface area contributed by atoms with Crippen molar-refractivity contribution < 1.29 is 15.0 Å². The van der Waals surface area contributed by atoms with Gasteiger partial charge < -0.3 is 10.2 Å². The zero-order chi connectivity index (χ0) is 10.0. The van der Waals surface area contributed by atoms with E-state index in [4.69, 9.17) is 5.11 Å². The molecule has 0 saturated carbocycles. The van der Waals surface area contributed by atoms with E-state index in [1.165, 1.54) is 0 Å². The molecular formula is C9H9BrO3. The van der Waals surface area contributed by atoms with Crippen molar-refractivity contribution in [1.29, 1.82) is 0 Å². The minimum atomic E-state index is -1.46. The van der Waals surface area contributed by atoms with E-state index in [1.807, 2.05) is 13.0 Å². The highest BCUT2D eigenvalue weighted by atomic mass is 79.9. The van der Waals surface area contributed by atoms with Crippen molar-refractivity contribution >= 4 is 21.9 Å². The quantitative estimate of drug-likeness (QED) is 0.836. The molecule has 1 rings (SSSR count). The van der Waals surface area contributed by atoms with E-state index in [0.29, 0.717) is 10.0 Å². The minimum absolute atomic E-state index is 0.382. The Morgan fingerprint density at radius 3 is 2.69 bits per heavy atom. The highest BCUT2D eigenvalue weighted by Crippen LogP contribution is 2.26. The number of carboxylic acids is 1. The number of hydrogen-bond donors (Lipinski definition) is 2. The Kier molecular flexibility index (Phi) is 3.06. The Hall–Kier alpha value is -0.870. The molecule has 13 heavy (non-hydrogen) atoms. The van der Waals surface area contributed by atoms with E-state index in [-0.39, 0.29) is 0 Å². The molecule has 1 atom stereocenters. The number of aliphatic carboxylic acids is 1. The first-order valence-corrected chi connectivity index (χ1v) is 4.49. The van der Waals surface area contributed by atoms with E-state index in [1.54, 1.807) is 12.1 Å². The fraction of sp³-hybridized carbons (Fsp3) is 0.222. The molecule has 0 radical (unpaired) electrons. The largest absolute Gasteiger partial charge is 0.479 e. The smallest absolute Gasteiger partial charge is 0.337 e. The van der Waals surface area contributed by atoms with E-state index >= 15 is 0 Å². The first-order chi connectivity index (χ1) is 6.04. The van der Waals surface area contributed by atoms with Crippen LogP contribution in [-0.2, 0) is 4.79 Å². The third kappa shape index (κ3) is 2.08. The van der Waals surface area contributed by atoms with Gasteiger partial charge >= 0.3 is 5.97 Å². The standard InChI is InChI=1S/C9H9BrO3/c1-5-3-2-4-6(7(5)10)8(11)9(12)13/h2-4,8,11H,1H3,(H,12,13)/t8-/m1/s1. The van der Waals surface area contributed by atoms with Gasteiger partial charge in [-0.15, -0.1) is 0 Å². The van der Waals surface area contributed by atoms with Crippen LogP contribution in [0.5, 0.6) is 0 Å². The molecule has 0 fully saturated rings. The molecule has 0 aromatic heterocycles. The SMILES string of the molecule is Cc1cccc([C@@H](O)C(=O)O)c1Br. The molecule has 3 nitrogen and oxygen atoms in total. The second-order valence-corrected chi connectivity index (χ2v) is 3.51. The molecule has 4 heteroatoms. The molecule has 0 heterocycles.